The highest BCUT2D eigenvalue weighted by Crippen LogP contribution is 2.34. The predicted octanol–water partition coefficient (Wildman–Crippen LogP) is 12.4. The third kappa shape index (κ3) is 7.58. The molecule has 4 aromatic rings. The quantitative estimate of drug-likeness (QED) is 0.178. The largest absolute Gasteiger partial charge is 0.311 e. The number of benzene rings is 4. The van der Waals surface area contributed by atoms with Gasteiger partial charge in [-0.25, -0.2) is 0 Å². The van der Waals surface area contributed by atoms with Gasteiger partial charge in [-0.2, -0.15) is 0 Å². The molecule has 1 nitrogen and oxygen atoms in total. The number of hydrogen-bond donors (Lipinski definition) is 0. The molecule has 0 bridgehead atoms. The van der Waals surface area contributed by atoms with Crippen molar-refractivity contribution in [1.82, 2.24) is 0 Å². The maximum absolute atomic E-state index is 2.34. The summed E-state index contributed by atoms with van der Waals surface area (Å²) in [4.78, 5) is 2.34. The van der Waals surface area contributed by atoms with Gasteiger partial charge in [0.1, 0.15) is 0 Å². The van der Waals surface area contributed by atoms with Crippen molar-refractivity contribution in [2.45, 2.75) is 26.2 Å². The van der Waals surface area contributed by atoms with E-state index in [1.807, 2.05) is 0 Å². The number of allylic oxidation sites excluding steroid dienone is 14. The van der Waals surface area contributed by atoms with Gasteiger partial charge in [-0.3, -0.25) is 0 Å². The minimum absolute atomic E-state index is 0.978. The Morgan fingerprint density at radius 1 is 0.644 bits per heavy atom. The van der Waals surface area contributed by atoms with Crippen molar-refractivity contribution in [3.8, 4) is 22.3 Å². The third-order valence-corrected chi connectivity index (χ3v) is 8.06. The van der Waals surface area contributed by atoms with Crippen LogP contribution in [0.4, 0.5) is 11.4 Å². The molecule has 0 saturated carbocycles. The van der Waals surface area contributed by atoms with E-state index in [0.717, 1.165) is 24.9 Å². The molecular weight excluding hydrogens is 542 g/mol. The first-order chi connectivity index (χ1) is 22.3. The van der Waals surface area contributed by atoms with Crippen molar-refractivity contribution in [3.63, 3.8) is 0 Å². The van der Waals surface area contributed by atoms with Crippen LogP contribution in [0.25, 0.3) is 28.3 Å². The first-order valence-corrected chi connectivity index (χ1v) is 15.9. The van der Waals surface area contributed by atoms with Gasteiger partial charge in [0, 0.05) is 17.1 Å². The number of para-hydroxylation sites is 1. The van der Waals surface area contributed by atoms with Crippen molar-refractivity contribution >= 4 is 17.5 Å². The molecule has 0 radical (unpaired) electrons. The van der Waals surface area contributed by atoms with Crippen LogP contribution in [-0.4, -0.2) is 0 Å². The predicted molar refractivity (Wildman–Crippen MR) is 195 cm³/mol. The second kappa shape index (κ2) is 14.9. The van der Waals surface area contributed by atoms with Gasteiger partial charge in [-0.15, -0.1) is 0 Å². The molecule has 45 heavy (non-hydrogen) atoms. The molecule has 0 N–H and O–H groups in total. The van der Waals surface area contributed by atoms with Crippen LogP contribution in [-0.2, 0) is 0 Å². The summed E-state index contributed by atoms with van der Waals surface area (Å²) < 4.78 is 0. The summed E-state index contributed by atoms with van der Waals surface area (Å²) in [6.07, 6.45) is 31.6. The number of rotatable bonds is 9. The van der Waals surface area contributed by atoms with Gasteiger partial charge in [0.15, 0.2) is 0 Å². The Labute approximate surface area is 268 Å². The van der Waals surface area contributed by atoms with Gasteiger partial charge in [0.25, 0.3) is 0 Å². The summed E-state index contributed by atoms with van der Waals surface area (Å²) in [6.45, 7) is 2.06. The fraction of sp³-hybridized carbons (Fsp3) is 0.0909. The zero-order valence-electron chi connectivity index (χ0n) is 25.9. The fourth-order valence-corrected chi connectivity index (χ4v) is 5.70. The molecule has 0 saturated heterocycles. The number of nitrogens with zero attached hydrogens (tertiary/aromatic N) is 1. The third-order valence-electron chi connectivity index (χ3n) is 8.06. The minimum atomic E-state index is 0.978. The molecule has 0 heterocycles. The molecule has 0 fully saturated rings. The van der Waals surface area contributed by atoms with E-state index in [4.69, 9.17) is 0 Å². The van der Waals surface area contributed by atoms with Gasteiger partial charge in [0.2, 0.25) is 0 Å². The van der Waals surface area contributed by atoms with Crippen LogP contribution in [0.2, 0.25) is 0 Å². The van der Waals surface area contributed by atoms with E-state index in [2.05, 4.69) is 194 Å². The molecule has 0 spiro atoms. The Balaban J connectivity index is 1.15. The molecular formula is C44H39N. The summed E-state index contributed by atoms with van der Waals surface area (Å²) in [6, 6.07) is 37.2. The van der Waals surface area contributed by atoms with Crippen molar-refractivity contribution in [3.05, 3.63) is 198 Å². The van der Waals surface area contributed by atoms with E-state index >= 15 is 0 Å². The summed E-state index contributed by atoms with van der Waals surface area (Å²) in [5, 5.41) is 0. The van der Waals surface area contributed by atoms with Crippen LogP contribution < -0.4 is 4.90 Å². The van der Waals surface area contributed by atoms with E-state index in [-0.39, 0.29) is 0 Å². The topological polar surface area (TPSA) is 3.24 Å². The summed E-state index contributed by atoms with van der Waals surface area (Å²) >= 11 is 0. The number of anilines is 2. The Hall–Kier alpha value is -5.40. The average molecular weight is 582 g/mol. The van der Waals surface area contributed by atoms with Crippen LogP contribution in [0, 0.1) is 0 Å². The molecule has 6 rings (SSSR count). The van der Waals surface area contributed by atoms with E-state index in [1.54, 1.807) is 0 Å². The van der Waals surface area contributed by atoms with Crippen molar-refractivity contribution in [2.75, 3.05) is 4.90 Å². The first kappa shape index (κ1) is 29.7. The number of hydrogen-bond acceptors (Lipinski definition) is 1. The molecule has 1 heteroatoms. The molecule has 220 valence electrons. The normalized spacial score (nSPS) is 14.9. The highest BCUT2D eigenvalue weighted by atomic mass is 15.1. The van der Waals surface area contributed by atoms with Gasteiger partial charge < -0.3 is 4.90 Å². The molecule has 2 aliphatic carbocycles. The SMILES string of the molecule is C\C=C/C(=C\C=C\c1ccc(-c2ccc(-c3ccc(N(C4=CCCC=C4)c4ccccc4)cc3)cc2)cc1)C1=CC=CCC=C1. The smallest absolute Gasteiger partial charge is 0.0461 e. The van der Waals surface area contributed by atoms with Gasteiger partial charge in [-0.1, -0.05) is 152 Å². The molecule has 0 aromatic heterocycles. The Bertz CT molecular complexity index is 1820. The van der Waals surface area contributed by atoms with E-state index in [9.17, 15) is 0 Å². The van der Waals surface area contributed by atoms with Gasteiger partial charge in [-0.05, 0) is 95.5 Å². The summed E-state index contributed by atoms with van der Waals surface area (Å²) in [7, 11) is 0. The van der Waals surface area contributed by atoms with Crippen molar-refractivity contribution < 1.29 is 0 Å². The zero-order valence-corrected chi connectivity index (χ0v) is 25.9. The van der Waals surface area contributed by atoms with E-state index < -0.39 is 0 Å². The van der Waals surface area contributed by atoms with Gasteiger partial charge in [0.05, 0.1) is 0 Å². The second-order valence-corrected chi connectivity index (χ2v) is 11.2. The first-order valence-electron chi connectivity index (χ1n) is 15.9. The van der Waals surface area contributed by atoms with E-state index in [0.29, 0.717) is 0 Å². The van der Waals surface area contributed by atoms with Crippen molar-refractivity contribution in [2.24, 2.45) is 0 Å². The average Bonchev–Trinajstić information content (AvgIpc) is 3.40. The molecule has 4 aromatic carbocycles. The highest BCUT2D eigenvalue weighted by molar-refractivity contribution is 5.75. The zero-order chi connectivity index (χ0) is 30.7. The lowest BCUT2D eigenvalue weighted by molar-refractivity contribution is 0.997. The van der Waals surface area contributed by atoms with Gasteiger partial charge >= 0.3 is 0 Å². The Morgan fingerprint density at radius 3 is 1.93 bits per heavy atom. The monoisotopic (exact) mass is 581 g/mol. The standard InChI is InChI=1S/C44H39N/c1-2-14-36(37-16-7-3-4-8-17-37)18-13-15-35-23-25-38(26-24-35)39-27-29-40(30-28-39)41-31-33-44(34-32-41)45(42-19-9-5-10-20-42)43-21-11-6-12-22-43/h2-3,5,7-11,13-34H,4,6,12H2,1H3/b14-2-,15-13+,36-18+. The highest BCUT2D eigenvalue weighted by Gasteiger charge is 2.14. The summed E-state index contributed by atoms with van der Waals surface area (Å²) in [5.41, 5.74) is 12.0. The van der Waals surface area contributed by atoms with E-state index in [1.165, 1.54) is 50.3 Å². The molecule has 0 amide bonds. The second-order valence-electron chi connectivity index (χ2n) is 11.2. The lowest BCUT2D eigenvalue weighted by atomic mass is 9.99. The molecule has 2 aliphatic rings. The lowest BCUT2D eigenvalue weighted by Crippen LogP contribution is -2.16. The van der Waals surface area contributed by atoms with Crippen LogP contribution in [0.3, 0.4) is 0 Å². The van der Waals surface area contributed by atoms with Crippen LogP contribution in [0.15, 0.2) is 193 Å². The summed E-state index contributed by atoms with van der Waals surface area (Å²) in [5.74, 6) is 0. The Morgan fingerprint density at radius 2 is 1.29 bits per heavy atom. The maximum Gasteiger partial charge on any atom is 0.0461 e. The molecule has 0 aliphatic heterocycles. The molecule has 0 unspecified atom stereocenters. The van der Waals surface area contributed by atoms with Crippen LogP contribution in [0.5, 0.6) is 0 Å². The molecule has 0 atom stereocenters. The van der Waals surface area contributed by atoms with Crippen molar-refractivity contribution in [1.29, 1.82) is 0 Å². The van der Waals surface area contributed by atoms with Crippen LogP contribution in [0.1, 0.15) is 31.7 Å². The van der Waals surface area contributed by atoms with Crippen LogP contribution >= 0.6 is 0 Å². The lowest BCUT2D eigenvalue weighted by Gasteiger charge is -2.27. The Kier molecular flexibility index (Phi) is 9.80. The fourth-order valence-electron chi connectivity index (χ4n) is 5.70. The minimum Gasteiger partial charge on any atom is -0.311 e. The maximum atomic E-state index is 2.34.